The molecule has 5 nitrogen and oxygen atoms in total. The van der Waals surface area contributed by atoms with Crippen molar-refractivity contribution in [3.05, 3.63) is 35.6 Å². The van der Waals surface area contributed by atoms with Crippen molar-refractivity contribution in [2.24, 2.45) is 4.99 Å². The zero-order chi connectivity index (χ0) is 17.1. The van der Waals surface area contributed by atoms with Gasteiger partial charge < -0.3 is 15.5 Å². The molecular weight excluding hydrogens is 295 g/mol. The summed E-state index contributed by atoms with van der Waals surface area (Å²) in [4.78, 5) is 18.0. The number of nitrogens with zero attached hydrogens (tertiary/aromatic N) is 2. The molecular formula is C17H27FN4O. The maximum Gasteiger partial charge on any atom is 0.221 e. The number of halogens is 1. The Morgan fingerprint density at radius 1 is 1.22 bits per heavy atom. The number of guanidine groups is 1. The number of carbonyl (C=O) groups excluding carboxylic acids is 1. The lowest BCUT2D eigenvalue weighted by Crippen LogP contribution is -2.38. The molecule has 1 aromatic rings. The van der Waals surface area contributed by atoms with Gasteiger partial charge >= 0.3 is 0 Å². The van der Waals surface area contributed by atoms with Crippen LogP contribution in [0.2, 0.25) is 0 Å². The van der Waals surface area contributed by atoms with Crippen molar-refractivity contribution in [2.45, 2.75) is 33.2 Å². The van der Waals surface area contributed by atoms with E-state index in [1.165, 1.54) is 12.1 Å². The normalized spacial score (nSPS) is 11.2. The maximum absolute atomic E-state index is 12.9. The molecule has 0 saturated heterocycles. The predicted octanol–water partition coefficient (Wildman–Crippen LogP) is 2.14. The van der Waals surface area contributed by atoms with E-state index in [2.05, 4.69) is 15.6 Å². The lowest BCUT2D eigenvalue weighted by Gasteiger charge is -2.22. The molecule has 0 radical (unpaired) electrons. The van der Waals surface area contributed by atoms with E-state index < -0.39 is 0 Å². The van der Waals surface area contributed by atoms with Crippen LogP contribution in [0.5, 0.6) is 0 Å². The van der Waals surface area contributed by atoms with E-state index in [0.717, 1.165) is 24.5 Å². The van der Waals surface area contributed by atoms with Crippen molar-refractivity contribution < 1.29 is 9.18 Å². The molecule has 1 aromatic carbocycles. The van der Waals surface area contributed by atoms with Gasteiger partial charge in [0.25, 0.3) is 0 Å². The van der Waals surface area contributed by atoms with Gasteiger partial charge in [0, 0.05) is 33.1 Å². The Morgan fingerprint density at radius 3 is 2.52 bits per heavy atom. The molecule has 6 heteroatoms. The first-order valence-corrected chi connectivity index (χ1v) is 8.07. The molecule has 0 spiro atoms. The Labute approximate surface area is 138 Å². The van der Waals surface area contributed by atoms with Crippen LogP contribution in [0.25, 0.3) is 0 Å². The van der Waals surface area contributed by atoms with Crippen LogP contribution < -0.4 is 10.6 Å². The van der Waals surface area contributed by atoms with Gasteiger partial charge in [-0.2, -0.15) is 0 Å². The highest BCUT2D eigenvalue weighted by molar-refractivity contribution is 5.80. The molecule has 0 heterocycles. The number of benzene rings is 1. The predicted molar refractivity (Wildman–Crippen MR) is 91.8 cm³/mol. The van der Waals surface area contributed by atoms with Crippen LogP contribution in [0, 0.1) is 5.82 Å². The summed E-state index contributed by atoms with van der Waals surface area (Å²) in [5, 5.41) is 6.04. The number of amides is 1. The fourth-order valence-electron chi connectivity index (χ4n) is 2.02. The molecule has 0 unspecified atom stereocenters. The molecule has 2 N–H and O–H groups in total. The van der Waals surface area contributed by atoms with Gasteiger partial charge in [-0.25, -0.2) is 4.39 Å². The summed E-state index contributed by atoms with van der Waals surface area (Å²) in [5.41, 5.74) is 1.00. The second kappa shape index (κ2) is 10.6. The Bertz CT molecular complexity index is 502. The topological polar surface area (TPSA) is 56.7 Å². The van der Waals surface area contributed by atoms with E-state index in [1.807, 2.05) is 25.8 Å². The molecule has 128 valence electrons. The van der Waals surface area contributed by atoms with Gasteiger partial charge in [0.15, 0.2) is 5.96 Å². The summed E-state index contributed by atoms with van der Waals surface area (Å²) in [6, 6.07) is 6.41. The quantitative estimate of drug-likeness (QED) is 0.569. The largest absolute Gasteiger partial charge is 0.357 e. The van der Waals surface area contributed by atoms with E-state index in [-0.39, 0.29) is 11.7 Å². The zero-order valence-electron chi connectivity index (χ0n) is 14.2. The third-order valence-electron chi connectivity index (χ3n) is 3.20. The monoisotopic (exact) mass is 322 g/mol. The van der Waals surface area contributed by atoms with E-state index >= 15 is 0 Å². The van der Waals surface area contributed by atoms with Gasteiger partial charge in [0.1, 0.15) is 5.82 Å². The van der Waals surface area contributed by atoms with E-state index in [9.17, 15) is 9.18 Å². The number of rotatable bonds is 8. The number of aliphatic imine (C=N–C) groups is 1. The summed E-state index contributed by atoms with van der Waals surface area (Å²) >= 11 is 0. The van der Waals surface area contributed by atoms with Gasteiger partial charge in [-0.1, -0.05) is 19.1 Å². The number of hydrogen-bond acceptors (Lipinski definition) is 2. The first kappa shape index (κ1) is 18.9. The molecule has 1 amide bonds. The summed E-state index contributed by atoms with van der Waals surface area (Å²) in [7, 11) is 1.92. The Hall–Kier alpha value is -2.11. The molecule has 0 aliphatic heterocycles. The van der Waals surface area contributed by atoms with Crippen LogP contribution >= 0.6 is 0 Å². The SMILES string of the molecule is CCCNC(=O)CCN=C(NCC)N(C)Cc1ccc(F)cc1. The third-order valence-corrected chi connectivity index (χ3v) is 3.20. The van der Waals surface area contributed by atoms with Gasteiger partial charge in [0.2, 0.25) is 5.91 Å². The molecule has 0 aliphatic carbocycles. The smallest absolute Gasteiger partial charge is 0.221 e. The molecule has 0 bridgehead atoms. The van der Waals surface area contributed by atoms with Crippen LogP contribution in [-0.2, 0) is 11.3 Å². The number of nitrogens with one attached hydrogen (secondary N) is 2. The van der Waals surface area contributed by atoms with Gasteiger partial charge in [-0.15, -0.1) is 0 Å². The van der Waals surface area contributed by atoms with Crippen LogP contribution in [0.4, 0.5) is 4.39 Å². The first-order chi connectivity index (χ1) is 11.1. The maximum atomic E-state index is 12.9. The molecule has 0 aliphatic rings. The van der Waals surface area contributed by atoms with Crippen LogP contribution in [0.1, 0.15) is 32.3 Å². The summed E-state index contributed by atoms with van der Waals surface area (Å²) in [6.07, 6.45) is 1.30. The molecule has 0 fully saturated rings. The molecule has 0 saturated carbocycles. The second-order valence-electron chi connectivity index (χ2n) is 5.32. The minimum absolute atomic E-state index is 0.0210. The fourth-order valence-corrected chi connectivity index (χ4v) is 2.02. The summed E-state index contributed by atoms with van der Waals surface area (Å²) in [6.45, 7) is 6.52. The average Bonchev–Trinajstić information content (AvgIpc) is 2.54. The van der Waals surface area contributed by atoms with Gasteiger partial charge in [-0.05, 0) is 31.0 Å². The number of hydrogen-bond donors (Lipinski definition) is 2. The second-order valence-corrected chi connectivity index (χ2v) is 5.32. The first-order valence-electron chi connectivity index (χ1n) is 8.07. The Morgan fingerprint density at radius 2 is 1.91 bits per heavy atom. The molecule has 0 atom stereocenters. The van der Waals surface area contributed by atoms with E-state index in [0.29, 0.717) is 26.1 Å². The molecule has 1 rings (SSSR count). The highest BCUT2D eigenvalue weighted by Crippen LogP contribution is 2.05. The molecule has 23 heavy (non-hydrogen) atoms. The van der Waals surface area contributed by atoms with E-state index in [4.69, 9.17) is 0 Å². The van der Waals surface area contributed by atoms with Crippen molar-refractivity contribution in [3.8, 4) is 0 Å². The third kappa shape index (κ3) is 7.63. The van der Waals surface area contributed by atoms with Crippen LogP contribution in [0.3, 0.4) is 0 Å². The highest BCUT2D eigenvalue weighted by Gasteiger charge is 2.07. The van der Waals surface area contributed by atoms with Crippen molar-refractivity contribution >= 4 is 11.9 Å². The van der Waals surface area contributed by atoms with Crippen molar-refractivity contribution in [2.75, 3.05) is 26.7 Å². The van der Waals surface area contributed by atoms with Crippen molar-refractivity contribution in [1.29, 1.82) is 0 Å². The average molecular weight is 322 g/mol. The fraction of sp³-hybridized carbons (Fsp3) is 0.529. The lowest BCUT2D eigenvalue weighted by atomic mass is 10.2. The van der Waals surface area contributed by atoms with Gasteiger partial charge in [0.05, 0.1) is 6.54 Å². The minimum Gasteiger partial charge on any atom is -0.357 e. The van der Waals surface area contributed by atoms with Gasteiger partial charge in [-0.3, -0.25) is 9.79 Å². The Balaban J connectivity index is 2.55. The standard InChI is InChI=1S/C17H27FN4O/c1-4-11-20-16(23)10-12-21-17(19-5-2)22(3)13-14-6-8-15(18)9-7-14/h6-9H,4-5,10-13H2,1-3H3,(H,19,21)(H,20,23). The minimum atomic E-state index is -0.241. The summed E-state index contributed by atoms with van der Waals surface area (Å²) in [5.74, 6) is 0.517. The summed E-state index contributed by atoms with van der Waals surface area (Å²) < 4.78 is 12.9. The van der Waals surface area contributed by atoms with E-state index in [1.54, 1.807) is 12.1 Å². The van der Waals surface area contributed by atoms with Crippen LogP contribution in [0.15, 0.2) is 29.3 Å². The zero-order valence-corrected chi connectivity index (χ0v) is 14.2. The Kier molecular flexibility index (Phi) is 8.72. The van der Waals surface area contributed by atoms with Crippen molar-refractivity contribution in [3.63, 3.8) is 0 Å². The number of carbonyl (C=O) groups is 1. The van der Waals surface area contributed by atoms with Crippen molar-refractivity contribution in [1.82, 2.24) is 15.5 Å². The van der Waals surface area contributed by atoms with Crippen LogP contribution in [-0.4, -0.2) is 43.4 Å². The lowest BCUT2D eigenvalue weighted by molar-refractivity contribution is -0.120. The molecule has 0 aromatic heterocycles. The highest BCUT2D eigenvalue weighted by atomic mass is 19.1.